The predicted octanol–water partition coefficient (Wildman–Crippen LogP) is 0.882. The minimum Gasteiger partial charge on any atom is -0.378 e. The highest BCUT2D eigenvalue weighted by Gasteiger charge is 2.15. The third kappa shape index (κ3) is 3.39. The minimum atomic E-state index is 0.406. The van der Waals surface area contributed by atoms with E-state index < -0.39 is 0 Å². The van der Waals surface area contributed by atoms with Crippen LogP contribution in [0.4, 0.5) is 5.95 Å². The van der Waals surface area contributed by atoms with Gasteiger partial charge in [0.05, 0.1) is 19.0 Å². The summed E-state index contributed by atoms with van der Waals surface area (Å²) in [6, 6.07) is 1.96. The first kappa shape index (κ1) is 15.3. The molecule has 10 heteroatoms. The van der Waals surface area contributed by atoms with Crippen LogP contribution >= 0.6 is 24.0 Å². The van der Waals surface area contributed by atoms with Crippen molar-refractivity contribution in [3.8, 4) is 0 Å². The largest absolute Gasteiger partial charge is 0.378 e. The lowest BCUT2D eigenvalue weighted by atomic mass is 10.4. The number of rotatable bonds is 4. The Labute approximate surface area is 137 Å². The maximum atomic E-state index is 5.79. The molecule has 0 spiro atoms. The zero-order valence-corrected chi connectivity index (χ0v) is 13.8. The van der Waals surface area contributed by atoms with Crippen molar-refractivity contribution in [1.29, 1.82) is 0 Å². The molecule has 1 fully saturated rings. The fourth-order valence-electron chi connectivity index (χ4n) is 2.08. The van der Waals surface area contributed by atoms with Gasteiger partial charge < -0.3 is 15.5 Å². The van der Waals surface area contributed by atoms with Crippen molar-refractivity contribution in [3.05, 3.63) is 22.4 Å². The quantitative estimate of drug-likeness (QED) is 0.367. The van der Waals surface area contributed by atoms with Crippen LogP contribution in [0.3, 0.4) is 0 Å². The number of H-pyrrole nitrogens is 1. The van der Waals surface area contributed by atoms with E-state index in [-0.39, 0.29) is 0 Å². The molecule has 3 rings (SSSR count). The van der Waals surface area contributed by atoms with Crippen molar-refractivity contribution in [2.45, 2.75) is 17.7 Å². The van der Waals surface area contributed by atoms with E-state index in [0.29, 0.717) is 29.6 Å². The minimum absolute atomic E-state index is 0.406. The summed E-state index contributed by atoms with van der Waals surface area (Å²) in [6.07, 6.45) is 0. The average molecular weight is 339 g/mol. The zero-order valence-electron chi connectivity index (χ0n) is 12.2. The molecule has 0 saturated carbocycles. The zero-order chi connectivity index (χ0) is 15.5. The number of nitrogens with zero attached hydrogens (tertiary/aromatic N) is 5. The van der Waals surface area contributed by atoms with Crippen LogP contribution in [0, 0.1) is 11.7 Å². The van der Waals surface area contributed by atoms with Gasteiger partial charge in [-0.2, -0.15) is 5.10 Å². The molecule has 3 heterocycles. The fourth-order valence-corrected chi connectivity index (χ4v) is 3.11. The molecule has 0 unspecified atom stereocenters. The molecule has 8 nitrogen and oxygen atoms in total. The van der Waals surface area contributed by atoms with E-state index in [1.165, 1.54) is 4.68 Å². The standard InChI is InChI=1S/C12H17N7OS2/c1-8-6-10(22-7-9-16-17-12(21)19(9)13)15-11(14-8)18-2-4-20-5-3-18/h6H,2-5,7,13H2,1H3,(H,17,21). The fraction of sp³-hybridized carbons (Fsp3) is 0.500. The smallest absolute Gasteiger partial charge is 0.226 e. The van der Waals surface area contributed by atoms with Crippen LogP contribution < -0.4 is 10.7 Å². The van der Waals surface area contributed by atoms with Gasteiger partial charge in [0.2, 0.25) is 10.7 Å². The van der Waals surface area contributed by atoms with Gasteiger partial charge in [0, 0.05) is 18.8 Å². The van der Waals surface area contributed by atoms with Crippen molar-refractivity contribution in [2.24, 2.45) is 0 Å². The number of nitrogen functional groups attached to an aromatic ring is 1. The summed E-state index contributed by atoms with van der Waals surface area (Å²) >= 11 is 6.55. The molecule has 2 aromatic rings. The Morgan fingerprint density at radius 2 is 2.18 bits per heavy atom. The number of ether oxygens (including phenoxy) is 1. The highest BCUT2D eigenvalue weighted by Crippen LogP contribution is 2.23. The first-order chi connectivity index (χ1) is 10.6. The van der Waals surface area contributed by atoms with Gasteiger partial charge >= 0.3 is 0 Å². The van der Waals surface area contributed by atoms with Gasteiger partial charge in [-0.25, -0.2) is 14.6 Å². The average Bonchev–Trinajstić information content (AvgIpc) is 2.85. The molecule has 0 aromatic carbocycles. The number of hydrogen-bond acceptors (Lipinski definition) is 8. The third-order valence-corrected chi connectivity index (χ3v) is 4.43. The summed E-state index contributed by atoms with van der Waals surface area (Å²) in [4.78, 5) is 11.3. The van der Waals surface area contributed by atoms with E-state index in [1.54, 1.807) is 11.8 Å². The summed E-state index contributed by atoms with van der Waals surface area (Å²) in [7, 11) is 0. The molecule has 3 N–H and O–H groups in total. The monoisotopic (exact) mass is 339 g/mol. The van der Waals surface area contributed by atoms with E-state index in [9.17, 15) is 0 Å². The van der Waals surface area contributed by atoms with Gasteiger partial charge in [0.25, 0.3) is 0 Å². The van der Waals surface area contributed by atoms with Crippen LogP contribution in [0.2, 0.25) is 0 Å². The maximum absolute atomic E-state index is 5.79. The van der Waals surface area contributed by atoms with Gasteiger partial charge in [0.1, 0.15) is 5.03 Å². The number of aromatic nitrogens is 5. The number of nitrogens with two attached hydrogens (primary N) is 1. The van der Waals surface area contributed by atoms with Crippen LogP contribution in [0.5, 0.6) is 0 Å². The lowest BCUT2D eigenvalue weighted by molar-refractivity contribution is 0.122. The van der Waals surface area contributed by atoms with Crippen molar-refractivity contribution < 1.29 is 4.74 Å². The molecular weight excluding hydrogens is 322 g/mol. The highest BCUT2D eigenvalue weighted by molar-refractivity contribution is 7.98. The number of anilines is 1. The SMILES string of the molecule is Cc1cc(SCc2n[nH]c(=S)n2N)nc(N2CCOCC2)n1. The molecular formula is C12H17N7OS2. The molecule has 1 saturated heterocycles. The van der Waals surface area contributed by atoms with Gasteiger partial charge in [-0.3, -0.25) is 5.10 Å². The second kappa shape index (κ2) is 6.63. The van der Waals surface area contributed by atoms with Gasteiger partial charge in [-0.15, -0.1) is 0 Å². The van der Waals surface area contributed by atoms with E-state index in [2.05, 4.69) is 25.1 Å². The lowest BCUT2D eigenvalue weighted by Crippen LogP contribution is -2.37. The van der Waals surface area contributed by atoms with Crippen LogP contribution in [-0.4, -0.2) is 51.1 Å². The van der Waals surface area contributed by atoms with Gasteiger partial charge in [-0.1, -0.05) is 11.8 Å². The van der Waals surface area contributed by atoms with E-state index in [0.717, 1.165) is 29.8 Å². The molecule has 1 aliphatic rings. The lowest BCUT2D eigenvalue weighted by Gasteiger charge is -2.27. The normalized spacial score (nSPS) is 15.2. The summed E-state index contributed by atoms with van der Waals surface area (Å²) in [5, 5.41) is 7.66. The van der Waals surface area contributed by atoms with Crippen LogP contribution in [0.25, 0.3) is 0 Å². The second-order valence-corrected chi connectivity index (χ2v) is 6.23. The molecule has 0 amide bonds. The summed E-state index contributed by atoms with van der Waals surface area (Å²) in [5.41, 5.74) is 0.936. The first-order valence-corrected chi connectivity index (χ1v) is 8.25. The van der Waals surface area contributed by atoms with E-state index in [4.69, 9.17) is 22.8 Å². The first-order valence-electron chi connectivity index (χ1n) is 6.86. The van der Waals surface area contributed by atoms with Crippen molar-refractivity contribution in [1.82, 2.24) is 24.8 Å². The Balaban J connectivity index is 1.74. The maximum Gasteiger partial charge on any atom is 0.226 e. The molecule has 22 heavy (non-hydrogen) atoms. The molecule has 0 atom stereocenters. The topological polar surface area (TPSA) is 97.9 Å². The Hall–Kier alpha value is -1.65. The van der Waals surface area contributed by atoms with Gasteiger partial charge in [-0.05, 0) is 25.2 Å². The number of hydrogen-bond donors (Lipinski definition) is 2. The number of thioether (sulfide) groups is 1. The summed E-state index contributed by atoms with van der Waals surface area (Å²) in [6.45, 7) is 5.02. The van der Waals surface area contributed by atoms with Crippen LogP contribution in [0.1, 0.15) is 11.5 Å². The molecule has 0 radical (unpaired) electrons. The van der Waals surface area contributed by atoms with Crippen molar-refractivity contribution >= 4 is 29.9 Å². The number of aryl methyl sites for hydroxylation is 1. The number of morpholine rings is 1. The molecule has 0 bridgehead atoms. The van der Waals surface area contributed by atoms with E-state index in [1.807, 2.05) is 13.0 Å². The van der Waals surface area contributed by atoms with Crippen molar-refractivity contribution in [2.75, 3.05) is 37.0 Å². The van der Waals surface area contributed by atoms with Crippen LogP contribution in [-0.2, 0) is 10.5 Å². The molecule has 2 aromatic heterocycles. The molecule has 1 aliphatic heterocycles. The predicted molar refractivity (Wildman–Crippen MR) is 86.9 cm³/mol. The van der Waals surface area contributed by atoms with Crippen molar-refractivity contribution in [3.63, 3.8) is 0 Å². The highest BCUT2D eigenvalue weighted by atomic mass is 32.2. The van der Waals surface area contributed by atoms with E-state index >= 15 is 0 Å². The van der Waals surface area contributed by atoms with Gasteiger partial charge in [0.15, 0.2) is 5.82 Å². The molecule has 0 aliphatic carbocycles. The number of nitrogens with one attached hydrogen (secondary N) is 1. The van der Waals surface area contributed by atoms with Crippen LogP contribution in [0.15, 0.2) is 11.1 Å². The second-order valence-electron chi connectivity index (χ2n) is 4.85. The number of aromatic amines is 1. The Morgan fingerprint density at radius 1 is 1.41 bits per heavy atom. The molecule has 118 valence electrons. The summed E-state index contributed by atoms with van der Waals surface area (Å²) in [5.74, 6) is 7.81. The summed E-state index contributed by atoms with van der Waals surface area (Å²) < 4.78 is 7.14. The Bertz CT molecular complexity index is 708. The Kier molecular flexibility index (Phi) is 4.60. The third-order valence-electron chi connectivity index (χ3n) is 3.24. The Morgan fingerprint density at radius 3 is 2.86 bits per heavy atom.